The molecule has 2 heteroatoms. The zero-order valence-electron chi connectivity index (χ0n) is 7.81. The van der Waals surface area contributed by atoms with E-state index in [0.717, 1.165) is 19.4 Å². The van der Waals surface area contributed by atoms with Gasteiger partial charge >= 0.3 is 0 Å². The van der Waals surface area contributed by atoms with Crippen molar-refractivity contribution in [1.82, 2.24) is 5.32 Å². The predicted octanol–water partition coefficient (Wildman–Crippen LogP) is 1.60. The third-order valence-electron chi connectivity index (χ3n) is 2.06. The molecule has 0 unspecified atom stereocenters. The van der Waals surface area contributed by atoms with Crippen LogP contribution in [0.1, 0.15) is 33.1 Å². The highest BCUT2D eigenvalue weighted by atomic mass is 16.1. The molecular weight excluding hydrogens is 138 g/mol. The van der Waals surface area contributed by atoms with E-state index < -0.39 is 0 Å². The van der Waals surface area contributed by atoms with Gasteiger partial charge in [-0.15, -0.1) is 0 Å². The van der Waals surface area contributed by atoms with Crippen molar-refractivity contribution in [1.29, 1.82) is 0 Å². The van der Waals surface area contributed by atoms with Gasteiger partial charge in [0.05, 0.1) is 0 Å². The van der Waals surface area contributed by atoms with E-state index in [-0.39, 0.29) is 0 Å². The van der Waals surface area contributed by atoms with Crippen LogP contribution in [-0.4, -0.2) is 19.4 Å². The molecule has 0 fully saturated rings. The first-order valence-electron chi connectivity index (χ1n) is 4.43. The minimum atomic E-state index is 0.295. The van der Waals surface area contributed by atoms with E-state index in [4.69, 9.17) is 0 Å². The van der Waals surface area contributed by atoms with Crippen LogP contribution in [0.15, 0.2) is 0 Å². The van der Waals surface area contributed by atoms with Gasteiger partial charge in [-0.3, -0.25) is 4.79 Å². The molecule has 0 saturated heterocycles. The molecule has 0 saturated carbocycles. The lowest BCUT2D eigenvalue weighted by atomic mass is 9.96. The van der Waals surface area contributed by atoms with Crippen LogP contribution < -0.4 is 5.32 Å². The topological polar surface area (TPSA) is 29.1 Å². The molecule has 0 spiro atoms. The Morgan fingerprint density at radius 2 is 1.91 bits per heavy atom. The van der Waals surface area contributed by atoms with E-state index in [1.165, 1.54) is 0 Å². The molecule has 0 aliphatic heterocycles. The molecule has 0 amide bonds. The SMILES string of the molecule is CCC(CC)C(=O)CCNC. The summed E-state index contributed by atoms with van der Waals surface area (Å²) in [5.41, 5.74) is 0. The number of carbonyl (C=O) groups excluding carboxylic acids is 1. The Hall–Kier alpha value is -0.370. The first-order chi connectivity index (χ1) is 5.26. The molecule has 0 aliphatic rings. The zero-order valence-corrected chi connectivity index (χ0v) is 7.81. The summed E-state index contributed by atoms with van der Waals surface area (Å²) in [7, 11) is 1.88. The van der Waals surface area contributed by atoms with Crippen LogP contribution in [0, 0.1) is 5.92 Å². The lowest BCUT2D eigenvalue weighted by molar-refractivity contribution is -0.122. The average Bonchev–Trinajstić information content (AvgIpc) is 2.03. The minimum Gasteiger partial charge on any atom is -0.319 e. The molecule has 0 heterocycles. The molecule has 0 aromatic rings. The number of carbonyl (C=O) groups is 1. The Bertz CT molecular complexity index is 108. The monoisotopic (exact) mass is 157 g/mol. The maximum Gasteiger partial charge on any atom is 0.137 e. The zero-order chi connectivity index (χ0) is 8.69. The third kappa shape index (κ3) is 4.14. The minimum absolute atomic E-state index is 0.295. The molecule has 0 aliphatic carbocycles. The molecule has 0 radical (unpaired) electrons. The predicted molar refractivity (Wildman–Crippen MR) is 47.6 cm³/mol. The molecule has 0 atom stereocenters. The van der Waals surface area contributed by atoms with E-state index in [0.29, 0.717) is 18.1 Å². The fraction of sp³-hybridized carbons (Fsp3) is 0.889. The first-order valence-corrected chi connectivity index (χ1v) is 4.43. The van der Waals surface area contributed by atoms with Gasteiger partial charge < -0.3 is 5.32 Å². The van der Waals surface area contributed by atoms with E-state index in [1.807, 2.05) is 7.05 Å². The molecule has 0 rings (SSSR count). The average molecular weight is 157 g/mol. The summed E-state index contributed by atoms with van der Waals surface area (Å²) in [5, 5.41) is 2.98. The van der Waals surface area contributed by atoms with Gasteiger partial charge in [0.15, 0.2) is 0 Å². The van der Waals surface area contributed by atoms with Gasteiger partial charge in [-0.25, -0.2) is 0 Å². The van der Waals surface area contributed by atoms with E-state index in [1.54, 1.807) is 0 Å². The quantitative estimate of drug-likeness (QED) is 0.634. The van der Waals surface area contributed by atoms with Crippen molar-refractivity contribution in [3.63, 3.8) is 0 Å². The van der Waals surface area contributed by atoms with Crippen LogP contribution in [0.2, 0.25) is 0 Å². The molecule has 0 bridgehead atoms. The summed E-state index contributed by atoms with van der Waals surface area (Å²) >= 11 is 0. The van der Waals surface area contributed by atoms with Crippen molar-refractivity contribution >= 4 is 5.78 Å². The Morgan fingerprint density at radius 1 is 1.36 bits per heavy atom. The Morgan fingerprint density at radius 3 is 2.27 bits per heavy atom. The second-order valence-electron chi connectivity index (χ2n) is 2.83. The van der Waals surface area contributed by atoms with Crippen molar-refractivity contribution in [2.24, 2.45) is 5.92 Å². The number of hydrogen-bond donors (Lipinski definition) is 1. The number of ketones is 1. The highest BCUT2D eigenvalue weighted by molar-refractivity contribution is 5.81. The van der Waals surface area contributed by atoms with E-state index >= 15 is 0 Å². The van der Waals surface area contributed by atoms with Crippen molar-refractivity contribution in [3.05, 3.63) is 0 Å². The molecule has 0 aromatic carbocycles. The Balaban J connectivity index is 3.61. The number of Topliss-reactive ketones (excluding diaryl/α,β-unsaturated/α-hetero) is 1. The number of rotatable bonds is 6. The van der Waals surface area contributed by atoms with Gasteiger partial charge in [0.1, 0.15) is 5.78 Å². The van der Waals surface area contributed by atoms with Crippen molar-refractivity contribution in [2.45, 2.75) is 33.1 Å². The third-order valence-corrected chi connectivity index (χ3v) is 2.06. The van der Waals surface area contributed by atoms with Crippen molar-refractivity contribution < 1.29 is 4.79 Å². The number of nitrogens with one attached hydrogen (secondary N) is 1. The fourth-order valence-electron chi connectivity index (χ4n) is 1.20. The highest BCUT2D eigenvalue weighted by Crippen LogP contribution is 2.10. The second-order valence-corrected chi connectivity index (χ2v) is 2.83. The molecule has 66 valence electrons. The summed E-state index contributed by atoms with van der Waals surface area (Å²) in [6.07, 6.45) is 2.65. The lowest BCUT2D eigenvalue weighted by Crippen LogP contribution is -2.19. The van der Waals surface area contributed by atoms with Gasteiger partial charge in [0.25, 0.3) is 0 Å². The van der Waals surface area contributed by atoms with Crippen LogP contribution in [-0.2, 0) is 4.79 Å². The van der Waals surface area contributed by atoms with Gasteiger partial charge in [0.2, 0.25) is 0 Å². The van der Waals surface area contributed by atoms with Crippen LogP contribution >= 0.6 is 0 Å². The van der Waals surface area contributed by atoms with Crippen LogP contribution in [0.4, 0.5) is 0 Å². The maximum atomic E-state index is 11.3. The lowest BCUT2D eigenvalue weighted by Gasteiger charge is -2.09. The van der Waals surface area contributed by atoms with Crippen LogP contribution in [0.5, 0.6) is 0 Å². The summed E-state index contributed by atoms with van der Waals surface area (Å²) in [6.45, 7) is 4.96. The molecule has 1 N–H and O–H groups in total. The largest absolute Gasteiger partial charge is 0.319 e. The summed E-state index contributed by atoms with van der Waals surface area (Å²) in [4.78, 5) is 11.3. The Kier molecular flexibility index (Phi) is 6.13. The van der Waals surface area contributed by atoms with Gasteiger partial charge in [0, 0.05) is 18.9 Å². The van der Waals surface area contributed by atoms with Gasteiger partial charge in [-0.05, 0) is 19.9 Å². The second kappa shape index (κ2) is 6.35. The molecule has 0 aromatic heterocycles. The van der Waals surface area contributed by atoms with Crippen LogP contribution in [0.25, 0.3) is 0 Å². The van der Waals surface area contributed by atoms with Crippen molar-refractivity contribution in [3.8, 4) is 0 Å². The van der Waals surface area contributed by atoms with Gasteiger partial charge in [-0.2, -0.15) is 0 Å². The first kappa shape index (κ1) is 10.6. The van der Waals surface area contributed by atoms with E-state index in [2.05, 4.69) is 19.2 Å². The Labute approximate surface area is 69.4 Å². The summed E-state index contributed by atoms with van der Waals surface area (Å²) in [5.74, 6) is 0.702. The van der Waals surface area contributed by atoms with E-state index in [9.17, 15) is 4.79 Å². The highest BCUT2D eigenvalue weighted by Gasteiger charge is 2.12. The number of hydrogen-bond acceptors (Lipinski definition) is 2. The summed E-state index contributed by atoms with van der Waals surface area (Å²) < 4.78 is 0. The van der Waals surface area contributed by atoms with Crippen LogP contribution in [0.3, 0.4) is 0 Å². The fourth-order valence-corrected chi connectivity index (χ4v) is 1.20. The summed E-state index contributed by atoms with van der Waals surface area (Å²) in [6, 6.07) is 0. The normalized spacial score (nSPS) is 10.5. The van der Waals surface area contributed by atoms with Gasteiger partial charge in [-0.1, -0.05) is 13.8 Å². The van der Waals surface area contributed by atoms with Crippen molar-refractivity contribution in [2.75, 3.05) is 13.6 Å². The standard InChI is InChI=1S/C9H19NO/c1-4-8(5-2)9(11)6-7-10-3/h8,10H,4-7H2,1-3H3. The maximum absolute atomic E-state index is 11.3. The molecular formula is C9H19NO. The molecule has 11 heavy (non-hydrogen) atoms. The smallest absolute Gasteiger partial charge is 0.137 e. The molecule has 2 nitrogen and oxygen atoms in total.